The summed E-state index contributed by atoms with van der Waals surface area (Å²) in [5.41, 5.74) is 3.97. The van der Waals surface area contributed by atoms with Crippen LogP contribution in [0.25, 0.3) is 6.08 Å². The Morgan fingerprint density at radius 2 is 1.94 bits per heavy atom. The lowest BCUT2D eigenvalue weighted by molar-refractivity contribution is -0.137. The number of anilines is 2. The van der Waals surface area contributed by atoms with Crippen molar-refractivity contribution >= 4 is 41.2 Å². The molecule has 0 bridgehead atoms. The molecule has 2 aliphatic rings. The lowest BCUT2D eigenvalue weighted by Gasteiger charge is -2.27. The smallest absolute Gasteiger partial charge is 0.346 e. The van der Waals surface area contributed by atoms with Crippen LogP contribution in [0.1, 0.15) is 49.1 Å². The van der Waals surface area contributed by atoms with Gasteiger partial charge in [0.1, 0.15) is 11.6 Å². The molecule has 2 aromatic rings. The van der Waals surface area contributed by atoms with Gasteiger partial charge in [0.05, 0.1) is 0 Å². The lowest BCUT2D eigenvalue weighted by atomic mass is 9.95. The van der Waals surface area contributed by atoms with E-state index in [1.165, 1.54) is 11.6 Å². The molecular formula is C25H24N2O4S. The first-order valence-electron chi connectivity index (χ1n) is 10.7. The third-order valence-electron chi connectivity index (χ3n) is 6.10. The van der Waals surface area contributed by atoms with Gasteiger partial charge in [-0.1, -0.05) is 12.5 Å². The standard InChI is InChI=1S/C25H24N2O4S/c26-15-17(25(30)31)13-16-6-11-23-21(14-16)20-3-1-4-22(20)27(23)18-7-9-19(10-8-18)32-12-2-5-24(28)29/h6-11,13-14,20,22H,1-5,12H2,(H,28,29)(H,30,31)/b17-13+. The zero-order valence-electron chi connectivity index (χ0n) is 17.5. The number of carboxylic acid groups (broad SMARTS) is 2. The number of nitrogens with zero attached hydrogens (tertiary/aromatic N) is 2. The van der Waals surface area contributed by atoms with Gasteiger partial charge in [-0.05, 0) is 78.6 Å². The summed E-state index contributed by atoms with van der Waals surface area (Å²) in [6.07, 6.45) is 5.64. The molecule has 2 atom stereocenters. The lowest BCUT2D eigenvalue weighted by Crippen LogP contribution is -2.26. The Kier molecular flexibility index (Phi) is 6.52. The topological polar surface area (TPSA) is 102 Å². The quantitative estimate of drug-likeness (QED) is 0.240. The monoisotopic (exact) mass is 448 g/mol. The van der Waals surface area contributed by atoms with E-state index < -0.39 is 11.9 Å². The van der Waals surface area contributed by atoms with Crippen LogP contribution in [0.15, 0.2) is 52.9 Å². The predicted octanol–water partition coefficient (Wildman–Crippen LogP) is 5.42. The highest BCUT2D eigenvalue weighted by Gasteiger charge is 2.42. The van der Waals surface area contributed by atoms with Gasteiger partial charge in [0, 0.05) is 34.7 Å². The van der Waals surface area contributed by atoms with Crippen molar-refractivity contribution in [1.82, 2.24) is 0 Å². The molecule has 1 heterocycles. The van der Waals surface area contributed by atoms with Gasteiger partial charge in [-0.2, -0.15) is 5.26 Å². The molecule has 1 aliphatic carbocycles. The SMILES string of the molecule is N#C/C(=C\c1ccc2c(c1)C1CCCC1N2c1ccc(SCCCC(=O)O)cc1)C(=O)O. The van der Waals surface area contributed by atoms with Crippen LogP contribution < -0.4 is 4.90 Å². The largest absolute Gasteiger partial charge is 0.481 e. The summed E-state index contributed by atoms with van der Waals surface area (Å²) in [6, 6.07) is 16.5. The number of carbonyl (C=O) groups is 2. The molecule has 7 heteroatoms. The Labute approximate surface area is 191 Å². The second-order valence-corrected chi connectivity index (χ2v) is 9.28. The molecule has 164 valence electrons. The van der Waals surface area contributed by atoms with Crippen molar-refractivity contribution in [3.05, 3.63) is 59.2 Å². The number of hydrogen-bond acceptors (Lipinski definition) is 5. The van der Waals surface area contributed by atoms with E-state index in [-0.39, 0.29) is 12.0 Å². The fourth-order valence-corrected chi connectivity index (χ4v) is 5.58. The van der Waals surface area contributed by atoms with Crippen molar-refractivity contribution in [3.8, 4) is 6.07 Å². The fraction of sp³-hybridized carbons (Fsp3) is 0.320. The zero-order chi connectivity index (χ0) is 22.7. The molecule has 2 unspecified atom stereocenters. The predicted molar refractivity (Wildman–Crippen MR) is 124 cm³/mol. The van der Waals surface area contributed by atoms with Gasteiger partial charge in [0.15, 0.2) is 0 Å². The van der Waals surface area contributed by atoms with Crippen LogP contribution in [-0.2, 0) is 9.59 Å². The van der Waals surface area contributed by atoms with Crippen molar-refractivity contribution < 1.29 is 19.8 Å². The van der Waals surface area contributed by atoms with Gasteiger partial charge in [-0.25, -0.2) is 4.79 Å². The highest BCUT2D eigenvalue weighted by molar-refractivity contribution is 7.99. The molecule has 4 rings (SSSR count). The van der Waals surface area contributed by atoms with Crippen molar-refractivity contribution in [2.75, 3.05) is 10.7 Å². The Balaban J connectivity index is 1.57. The van der Waals surface area contributed by atoms with Crippen LogP contribution in [0.5, 0.6) is 0 Å². The molecule has 0 amide bonds. The van der Waals surface area contributed by atoms with Crippen LogP contribution in [-0.4, -0.2) is 33.9 Å². The first-order chi connectivity index (χ1) is 15.5. The Morgan fingerprint density at radius 1 is 1.16 bits per heavy atom. The van der Waals surface area contributed by atoms with E-state index in [1.807, 2.05) is 18.2 Å². The number of thioether (sulfide) groups is 1. The molecular weight excluding hydrogens is 424 g/mol. The van der Waals surface area contributed by atoms with Gasteiger partial charge in [0.2, 0.25) is 0 Å². The van der Waals surface area contributed by atoms with Gasteiger partial charge >= 0.3 is 11.9 Å². The Bertz CT molecular complexity index is 1100. The minimum Gasteiger partial charge on any atom is -0.481 e. The van der Waals surface area contributed by atoms with Gasteiger partial charge in [-0.15, -0.1) is 11.8 Å². The molecule has 1 aliphatic heterocycles. The van der Waals surface area contributed by atoms with E-state index in [9.17, 15) is 9.59 Å². The first-order valence-corrected chi connectivity index (χ1v) is 11.7. The Hall–Kier alpha value is -3.24. The number of fused-ring (bicyclic) bond motifs is 3. The summed E-state index contributed by atoms with van der Waals surface area (Å²) in [5, 5.41) is 27.0. The van der Waals surface area contributed by atoms with E-state index in [0.29, 0.717) is 18.4 Å². The van der Waals surface area contributed by atoms with Crippen molar-refractivity contribution in [2.24, 2.45) is 0 Å². The number of hydrogen-bond donors (Lipinski definition) is 2. The summed E-state index contributed by atoms with van der Waals surface area (Å²) < 4.78 is 0. The average molecular weight is 449 g/mol. The van der Waals surface area contributed by atoms with E-state index in [0.717, 1.165) is 46.8 Å². The van der Waals surface area contributed by atoms with Gasteiger partial charge < -0.3 is 15.1 Å². The number of carboxylic acids is 2. The van der Waals surface area contributed by atoms with Gasteiger partial charge in [-0.3, -0.25) is 4.79 Å². The Morgan fingerprint density at radius 3 is 2.62 bits per heavy atom. The molecule has 2 N–H and O–H groups in total. The molecule has 32 heavy (non-hydrogen) atoms. The average Bonchev–Trinajstić information content (AvgIpc) is 3.36. The van der Waals surface area contributed by atoms with Gasteiger partial charge in [0.25, 0.3) is 0 Å². The summed E-state index contributed by atoms with van der Waals surface area (Å²) in [4.78, 5) is 25.4. The number of benzene rings is 2. The molecule has 0 aromatic heterocycles. The van der Waals surface area contributed by atoms with Crippen LogP contribution in [0, 0.1) is 11.3 Å². The highest BCUT2D eigenvalue weighted by Crippen LogP contribution is 2.52. The minimum absolute atomic E-state index is 0.193. The molecule has 0 saturated heterocycles. The minimum atomic E-state index is -1.21. The summed E-state index contributed by atoms with van der Waals surface area (Å²) in [7, 11) is 0. The van der Waals surface area contributed by atoms with E-state index in [2.05, 4.69) is 29.2 Å². The maximum Gasteiger partial charge on any atom is 0.346 e. The van der Waals surface area contributed by atoms with Crippen LogP contribution in [0.3, 0.4) is 0 Å². The molecule has 1 saturated carbocycles. The number of aliphatic carboxylic acids is 2. The third-order valence-corrected chi connectivity index (χ3v) is 7.20. The van der Waals surface area contributed by atoms with Crippen molar-refractivity contribution in [3.63, 3.8) is 0 Å². The van der Waals surface area contributed by atoms with E-state index in [1.54, 1.807) is 17.8 Å². The van der Waals surface area contributed by atoms with Crippen LogP contribution >= 0.6 is 11.8 Å². The second kappa shape index (κ2) is 9.49. The molecule has 0 radical (unpaired) electrons. The summed E-state index contributed by atoms with van der Waals surface area (Å²) >= 11 is 1.67. The van der Waals surface area contributed by atoms with E-state index >= 15 is 0 Å². The molecule has 0 spiro atoms. The third kappa shape index (κ3) is 4.51. The van der Waals surface area contributed by atoms with Crippen LogP contribution in [0.4, 0.5) is 11.4 Å². The summed E-state index contributed by atoms with van der Waals surface area (Å²) in [6.45, 7) is 0. The summed E-state index contributed by atoms with van der Waals surface area (Å²) in [5.74, 6) is -0.793. The van der Waals surface area contributed by atoms with Crippen molar-refractivity contribution in [2.45, 2.75) is 49.0 Å². The van der Waals surface area contributed by atoms with E-state index in [4.69, 9.17) is 15.5 Å². The normalized spacial score (nSPS) is 19.3. The molecule has 6 nitrogen and oxygen atoms in total. The second-order valence-electron chi connectivity index (χ2n) is 8.11. The van der Waals surface area contributed by atoms with Crippen LogP contribution in [0.2, 0.25) is 0 Å². The first kappa shape index (κ1) is 22.0. The highest BCUT2D eigenvalue weighted by atomic mass is 32.2. The maximum atomic E-state index is 11.2. The van der Waals surface area contributed by atoms with Crippen molar-refractivity contribution in [1.29, 1.82) is 5.26 Å². The number of rotatable bonds is 8. The zero-order valence-corrected chi connectivity index (χ0v) is 18.3. The fourth-order valence-electron chi connectivity index (χ4n) is 4.73. The molecule has 1 fully saturated rings. The maximum absolute atomic E-state index is 11.2. The number of nitriles is 1. The molecule has 2 aromatic carbocycles.